The first-order valence-corrected chi connectivity index (χ1v) is 8.81. The summed E-state index contributed by atoms with van der Waals surface area (Å²) in [6.45, 7) is 0.817. The second-order valence-electron chi connectivity index (χ2n) is 6.11. The molecule has 3 unspecified atom stereocenters. The van der Waals surface area contributed by atoms with Crippen LogP contribution in [0.25, 0.3) is 0 Å². The Morgan fingerprint density at radius 2 is 1.54 bits per heavy atom. The van der Waals surface area contributed by atoms with E-state index in [-0.39, 0.29) is 11.8 Å². The van der Waals surface area contributed by atoms with Crippen LogP contribution in [0.1, 0.15) is 17.9 Å². The minimum absolute atomic E-state index is 0.0959. The topological polar surface area (TPSA) is 29.1 Å². The van der Waals surface area contributed by atoms with Gasteiger partial charge in [0.1, 0.15) is 0 Å². The lowest BCUT2D eigenvalue weighted by atomic mass is 9.78. The first-order valence-electron chi connectivity index (χ1n) is 8.05. The Morgan fingerprint density at radius 3 is 2.17 bits per heavy atom. The highest BCUT2D eigenvalue weighted by Crippen LogP contribution is 2.37. The lowest BCUT2D eigenvalue weighted by Crippen LogP contribution is -2.21. The Labute approximate surface area is 152 Å². The zero-order chi connectivity index (χ0) is 16.9. The van der Waals surface area contributed by atoms with Gasteiger partial charge in [0, 0.05) is 22.5 Å². The molecule has 4 heteroatoms. The quantitative estimate of drug-likeness (QED) is 0.706. The van der Waals surface area contributed by atoms with E-state index in [1.54, 1.807) is 0 Å². The van der Waals surface area contributed by atoms with Crippen LogP contribution in [0.2, 0.25) is 10.0 Å². The normalized spacial score (nSPS) is 24.6. The van der Waals surface area contributed by atoms with Crippen LogP contribution >= 0.6 is 23.2 Å². The molecule has 2 nitrogen and oxygen atoms in total. The average Bonchev–Trinajstić information content (AvgIpc) is 2.97. The third kappa shape index (κ3) is 4.19. The number of halogens is 2. The molecular weight excluding hydrogens is 341 g/mol. The number of carbonyl (C=O) groups excluding carboxylic acids is 1. The maximum absolute atomic E-state index is 11.5. The van der Waals surface area contributed by atoms with E-state index in [2.05, 4.69) is 29.6 Å². The molecule has 0 aromatic heterocycles. The fourth-order valence-corrected chi connectivity index (χ4v) is 3.47. The summed E-state index contributed by atoms with van der Waals surface area (Å²) >= 11 is 11.4. The van der Waals surface area contributed by atoms with Crippen LogP contribution in [0.5, 0.6) is 0 Å². The van der Waals surface area contributed by atoms with E-state index in [9.17, 15) is 4.79 Å². The van der Waals surface area contributed by atoms with Crippen molar-refractivity contribution in [3.63, 3.8) is 0 Å². The minimum atomic E-state index is 0.0959. The molecule has 1 N–H and O–H groups in total. The molecule has 3 atom stereocenters. The number of hydrogen-bond acceptors (Lipinski definition) is 1. The van der Waals surface area contributed by atoms with E-state index in [1.807, 2.05) is 42.5 Å². The summed E-state index contributed by atoms with van der Waals surface area (Å²) in [5.74, 6) is 1.15. The summed E-state index contributed by atoms with van der Waals surface area (Å²) in [4.78, 5) is 11.5. The standard InChI is InChI=1S/C14H14ClNO.C6H5Cl/c15-12-4-1-9(2-5-12)10-3-6-13-11(7-10)8-16-14(13)17;7-6-4-2-1-3-5-6/h1-6,10-11,13H,7-8H2,(H,16,17);1-5H. The van der Waals surface area contributed by atoms with E-state index in [0.29, 0.717) is 11.8 Å². The molecule has 1 fully saturated rings. The van der Waals surface area contributed by atoms with Crippen molar-refractivity contribution in [3.05, 3.63) is 82.4 Å². The molecule has 1 amide bonds. The lowest BCUT2D eigenvalue weighted by Gasteiger charge is -2.24. The Bertz CT molecular complexity index is 712. The van der Waals surface area contributed by atoms with Gasteiger partial charge < -0.3 is 5.32 Å². The van der Waals surface area contributed by atoms with Gasteiger partial charge in [-0.3, -0.25) is 4.79 Å². The molecule has 2 aromatic rings. The summed E-state index contributed by atoms with van der Waals surface area (Å²) in [5.41, 5.74) is 1.28. The predicted octanol–water partition coefficient (Wildman–Crippen LogP) is 5.09. The van der Waals surface area contributed by atoms with Gasteiger partial charge >= 0.3 is 0 Å². The number of benzene rings is 2. The van der Waals surface area contributed by atoms with Crippen LogP contribution in [-0.4, -0.2) is 12.5 Å². The van der Waals surface area contributed by atoms with Crippen molar-refractivity contribution in [3.8, 4) is 0 Å². The number of rotatable bonds is 1. The van der Waals surface area contributed by atoms with Gasteiger partial charge in [0.25, 0.3) is 0 Å². The highest BCUT2D eigenvalue weighted by atomic mass is 35.5. The van der Waals surface area contributed by atoms with Crippen molar-refractivity contribution in [2.24, 2.45) is 11.8 Å². The Hall–Kier alpha value is -1.77. The number of allylic oxidation sites excluding steroid dienone is 1. The van der Waals surface area contributed by atoms with Gasteiger partial charge in [-0.1, -0.05) is 65.7 Å². The van der Waals surface area contributed by atoms with Gasteiger partial charge in [-0.05, 0) is 42.2 Å². The fourth-order valence-electron chi connectivity index (χ4n) is 3.20. The molecule has 4 rings (SSSR count). The second-order valence-corrected chi connectivity index (χ2v) is 6.98. The maximum atomic E-state index is 11.5. The zero-order valence-electron chi connectivity index (χ0n) is 13.2. The van der Waals surface area contributed by atoms with Gasteiger partial charge in [-0.25, -0.2) is 0 Å². The van der Waals surface area contributed by atoms with E-state index >= 15 is 0 Å². The van der Waals surface area contributed by atoms with Crippen LogP contribution in [0.3, 0.4) is 0 Å². The number of nitrogens with one attached hydrogen (secondary N) is 1. The Morgan fingerprint density at radius 1 is 0.875 bits per heavy atom. The maximum Gasteiger partial charge on any atom is 0.227 e. The molecule has 2 aliphatic rings. The Balaban J connectivity index is 0.000000203. The number of hydrogen-bond donors (Lipinski definition) is 1. The van der Waals surface area contributed by atoms with Gasteiger partial charge in [-0.15, -0.1) is 0 Å². The summed E-state index contributed by atoms with van der Waals surface area (Å²) in [7, 11) is 0. The van der Waals surface area contributed by atoms with Gasteiger partial charge in [0.05, 0.1) is 5.92 Å². The molecule has 1 aliphatic carbocycles. The van der Waals surface area contributed by atoms with Crippen molar-refractivity contribution in [2.75, 3.05) is 6.54 Å². The smallest absolute Gasteiger partial charge is 0.227 e. The third-order valence-corrected chi connectivity index (χ3v) is 4.99. The highest BCUT2D eigenvalue weighted by Gasteiger charge is 2.36. The minimum Gasteiger partial charge on any atom is -0.355 e. The molecule has 24 heavy (non-hydrogen) atoms. The van der Waals surface area contributed by atoms with Crippen molar-refractivity contribution in [1.82, 2.24) is 5.32 Å². The van der Waals surface area contributed by atoms with E-state index in [1.165, 1.54) is 5.56 Å². The molecule has 0 saturated carbocycles. The average molecular weight is 360 g/mol. The van der Waals surface area contributed by atoms with Crippen LogP contribution in [0.4, 0.5) is 0 Å². The Kier molecular flexibility index (Phi) is 5.60. The number of carbonyl (C=O) groups is 1. The third-order valence-electron chi connectivity index (χ3n) is 4.49. The molecule has 0 radical (unpaired) electrons. The van der Waals surface area contributed by atoms with Crippen molar-refractivity contribution in [2.45, 2.75) is 12.3 Å². The molecule has 0 spiro atoms. The van der Waals surface area contributed by atoms with Crippen LogP contribution in [0, 0.1) is 11.8 Å². The molecule has 2 aromatic carbocycles. The molecule has 1 aliphatic heterocycles. The van der Waals surface area contributed by atoms with Crippen LogP contribution in [-0.2, 0) is 4.79 Å². The van der Waals surface area contributed by atoms with E-state index < -0.39 is 0 Å². The summed E-state index contributed by atoms with van der Waals surface area (Å²) in [6.07, 6.45) is 5.27. The largest absolute Gasteiger partial charge is 0.355 e. The predicted molar refractivity (Wildman–Crippen MR) is 99.4 cm³/mol. The molecule has 124 valence electrons. The van der Waals surface area contributed by atoms with Gasteiger partial charge in [-0.2, -0.15) is 0 Å². The second kappa shape index (κ2) is 7.87. The summed E-state index contributed by atoms with van der Waals surface area (Å²) in [5, 5.41) is 4.49. The van der Waals surface area contributed by atoms with Crippen LogP contribution < -0.4 is 5.32 Å². The first kappa shape index (κ1) is 17.1. The van der Waals surface area contributed by atoms with Gasteiger partial charge in [0.2, 0.25) is 5.91 Å². The summed E-state index contributed by atoms with van der Waals surface area (Å²) in [6, 6.07) is 17.4. The van der Waals surface area contributed by atoms with Crippen LogP contribution in [0.15, 0.2) is 66.7 Å². The van der Waals surface area contributed by atoms with E-state index in [4.69, 9.17) is 23.2 Å². The number of fused-ring (bicyclic) bond motifs is 1. The lowest BCUT2D eigenvalue weighted by molar-refractivity contribution is -0.121. The molecule has 1 saturated heterocycles. The van der Waals surface area contributed by atoms with Crippen molar-refractivity contribution < 1.29 is 4.79 Å². The van der Waals surface area contributed by atoms with Gasteiger partial charge in [0.15, 0.2) is 0 Å². The monoisotopic (exact) mass is 359 g/mol. The molecule has 0 bridgehead atoms. The SMILES string of the molecule is Clc1ccccc1.O=C1NCC2CC(c3ccc(Cl)cc3)C=CC12. The van der Waals surface area contributed by atoms with E-state index in [0.717, 1.165) is 23.0 Å². The zero-order valence-corrected chi connectivity index (χ0v) is 14.7. The fraction of sp³-hybridized carbons (Fsp3) is 0.250. The first-order chi connectivity index (χ1) is 11.6. The molecular formula is C20H19Cl2NO. The van der Waals surface area contributed by atoms with Crippen molar-refractivity contribution >= 4 is 29.1 Å². The van der Waals surface area contributed by atoms with Crippen molar-refractivity contribution in [1.29, 1.82) is 0 Å². The number of amides is 1. The molecule has 1 heterocycles. The highest BCUT2D eigenvalue weighted by molar-refractivity contribution is 6.30. The summed E-state index contributed by atoms with van der Waals surface area (Å²) < 4.78 is 0.